The van der Waals surface area contributed by atoms with Crippen molar-refractivity contribution in [3.05, 3.63) is 46.7 Å². The fourth-order valence-corrected chi connectivity index (χ4v) is 2.71. The average Bonchev–Trinajstić information content (AvgIpc) is 2.38. The minimum atomic E-state index is -0.882. The van der Waals surface area contributed by atoms with E-state index in [4.69, 9.17) is 16.3 Å². The number of carbonyl (C=O) groups is 2. The summed E-state index contributed by atoms with van der Waals surface area (Å²) in [6.45, 7) is 1.91. The molecule has 107 valence electrons. The third-order valence-electron chi connectivity index (χ3n) is 3.30. The molecule has 2 rings (SSSR count). The summed E-state index contributed by atoms with van der Waals surface area (Å²) in [6.07, 6.45) is 1.21. The SMILES string of the molecule is CCOC(=O)C1C(O)=CC(=O)CC1c1ccccc1Cl.[Na]. The Morgan fingerprint density at radius 3 is 2.71 bits per heavy atom. The molecule has 0 bridgehead atoms. The van der Waals surface area contributed by atoms with Gasteiger partial charge in [0.05, 0.1) is 6.61 Å². The summed E-state index contributed by atoms with van der Waals surface area (Å²) in [5.74, 6) is -2.41. The van der Waals surface area contributed by atoms with Crippen LogP contribution in [-0.4, -0.2) is 53.0 Å². The molecule has 1 aliphatic rings. The molecule has 1 aromatic rings. The second-order valence-electron chi connectivity index (χ2n) is 4.60. The smallest absolute Gasteiger partial charge is 0.317 e. The molecule has 21 heavy (non-hydrogen) atoms. The zero-order chi connectivity index (χ0) is 14.7. The van der Waals surface area contributed by atoms with Crippen LogP contribution < -0.4 is 0 Å². The fourth-order valence-electron chi connectivity index (χ4n) is 2.44. The first-order valence-corrected chi connectivity index (χ1v) is 6.76. The average molecular weight is 318 g/mol. The van der Waals surface area contributed by atoms with Crippen LogP contribution in [0.1, 0.15) is 24.8 Å². The molecular weight excluding hydrogens is 303 g/mol. The zero-order valence-electron chi connectivity index (χ0n) is 12.0. The van der Waals surface area contributed by atoms with Crippen molar-refractivity contribution in [1.29, 1.82) is 0 Å². The minimum absolute atomic E-state index is 0. The van der Waals surface area contributed by atoms with E-state index in [9.17, 15) is 14.7 Å². The van der Waals surface area contributed by atoms with Crippen molar-refractivity contribution in [2.75, 3.05) is 6.61 Å². The van der Waals surface area contributed by atoms with Crippen molar-refractivity contribution in [2.24, 2.45) is 5.92 Å². The number of hydrogen-bond acceptors (Lipinski definition) is 4. The predicted octanol–water partition coefficient (Wildman–Crippen LogP) is 2.64. The van der Waals surface area contributed by atoms with Crippen molar-refractivity contribution in [3.63, 3.8) is 0 Å². The number of rotatable bonds is 3. The Morgan fingerprint density at radius 1 is 1.43 bits per heavy atom. The second-order valence-corrected chi connectivity index (χ2v) is 5.00. The maximum Gasteiger partial charge on any atom is 0.317 e. The first kappa shape index (κ1) is 18.2. The van der Waals surface area contributed by atoms with Crippen LogP contribution in [0.15, 0.2) is 36.1 Å². The summed E-state index contributed by atoms with van der Waals surface area (Å²) in [7, 11) is 0. The van der Waals surface area contributed by atoms with Crippen molar-refractivity contribution in [1.82, 2.24) is 0 Å². The first-order valence-electron chi connectivity index (χ1n) is 6.39. The zero-order valence-corrected chi connectivity index (χ0v) is 14.8. The quantitative estimate of drug-likeness (QED) is 0.687. The molecule has 0 saturated heterocycles. The van der Waals surface area contributed by atoms with Crippen molar-refractivity contribution in [2.45, 2.75) is 19.3 Å². The van der Waals surface area contributed by atoms with E-state index >= 15 is 0 Å². The molecule has 1 aromatic carbocycles. The van der Waals surface area contributed by atoms with E-state index in [1.807, 2.05) is 0 Å². The second kappa shape index (κ2) is 7.99. The molecule has 1 radical (unpaired) electrons. The van der Waals surface area contributed by atoms with E-state index in [1.54, 1.807) is 31.2 Å². The van der Waals surface area contributed by atoms with E-state index in [1.165, 1.54) is 0 Å². The van der Waals surface area contributed by atoms with Crippen LogP contribution in [-0.2, 0) is 14.3 Å². The summed E-state index contributed by atoms with van der Waals surface area (Å²) in [4.78, 5) is 23.7. The molecule has 0 fully saturated rings. The summed E-state index contributed by atoms with van der Waals surface area (Å²) < 4.78 is 4.98. The first-order chi connectivity index (χ1) is 9.54. The maximum atomic E-state index is 12.0. The Kier molecular flexibility index (Phi) is 6.94. The van der Waals surface area contributed by atoms with Crippen LogP contribution >= 0.6 is 11.6 Å². The molecule has 0 amide bonds. The van der Waals surface area contributed by atoms with Gasteiger partial charge < -0.3 is 9.84 Å². The number of allylic oxidation sites excluding steroid dienone is 1. The summed E-state index contributed by atoms with van der Waals surface area (Å²) in [5.41, 5.74) is 0.667. The van der Waals surface area contributed by atoms with Crippen LogP contribution in [0.2, 0.25) is 5.02 Å². The summed E-state index contributed by atoms with van der Waals surface area (Å²) in [6, 6.07) is 7.00. The fraction of sp³-hybridized carbons (Fsp3) is 0.333. The van der Waals surface area contributed by atoms with E-state index in [0.717, 1.165) is 6.08 Å². The molecule has 6 heteroatoms. The number of aliphatic hydroxyl groups is 1. The Morgan fingerprint density at radius 2 is 2.10 bits per heavy atom. The van der Waals surface area contributed by atoms with Crippen molar-refractivity contribution >= 4 is 52.9 Å². The van der Waals surface area contributed by atoms with Gasteiger partial charge in [0.25, 0.3) is 0 Å². The number of hydrogen-bond donors (Lipinski definition) is 1. The molecule has 0 heterocycles. The number of benzene rings is 1. The Balaban J connectivity index is 0.00000220. The molecular formula is C15H15ClNaO4. The van der Waals surface area contributed by atoms with E-state index in [2.05, 4.69) is 0 Å². The summed E-state index contributed by atoms with van der Waals surface area (Å²) in [5, 5.41) is 10.4. The number of halogens is 1. The van der Waals surface area contributed by atoms with E-state index in [-0.39, 0.29) is 54.1 Å². The van der Waals surface area contributed by atoms with Gasteiger partial charge in [-0.25, -0.2) is 0 Å². The van der Waals surface area contributed by atoms with E-state index < -0.39 is 17.8 Å². The normalized spacial score (nSPS) is 21.2. The van der Waals surface area contributed by atoms with Crippen molar-refractivity contribution in [3.8, 4) is 0 Å². The van der Waals surface area contributed by atoms with Gasteiger partial charge >= 0.3 is 5.97 Å². The standard InChI is InChI=1S/C15H15ClO4.Na/c1-2-20-15(19)14-11(7-9(17)8-13(14)18)10-5-3-4-6-12(10)16;/h3-6,8,11,14,18H,2,7H2,1H3;. The van der Waals surface area contributed by atoms with Crippen LogP contribution in [0.5, 0.6) is 0 Å². The molecule has 0 aliphatic heterocycles. The molecule has 1 aliphatic carbocycles. The molecule has 1 N–H and O–H groups in total. The molecule has 0 spiro atoms. The van der Waals surface area contributed by atoms with Crippen LogP contribution in [0.3, 0.4) is 0 Å². The van der Waals surface area contributed by atoms with Gasteiger partial charge in [0.2, 0.25) is 0 Å². The van der Waals surface area contributed by atoms with Gasteiger partial charge in [-0.1, -0.05) is 29.8 Å². The third kappa shape index (κ3) is 4.10. The van der Waals surface area contributed by atoms with Gasteiger partial charge in [0.1, 0.15) is 11.7 Å². The van der Waals surface area contributed by atoms with Gasteiger partial charge in [-0.2, -0.15) is 0 Å². The van der Waals surface area contributed by atoms with Gasteiger partial charge in [-0.05, 0) is 18.6 Å². The van der Waals surface area contributed by atoms with Gasteiger partial charge in [-0.3, -0.25) is 9.59 Å². The van der Waals surface area contributed by atoms with E-state index in [0.29, 0.717) is 10.6 Å². The molecule has 0 saturated carbocycles. The summed E-state index contributed by atoms with van der Waals surface area (Å²) >= 11 is 6.14. The molecule has 4 nitrogen and oxygen atoms in total. The van der Waals surface area contributed by atoms with Crippen LogP contribution in [0.4, 0.5) is 0 Å². The molecule has 2 unspecified atom stereocenters. The number of aliphatic hydroxyl groups excluding tert-OH is 1. The van der Waals surface area contributed by atoms with Gasteiger partial charge in [-0.15, -0.1) is 0 Å². The number of esters is 1. The minimum Gasteiger partial charge on any atom is -0.511 e. The topological polar surface area (TPSA) is 63.6 Å². The van der Waals surface area contributed by atoms with Gasteiger partial charge in [0, 0.05) is 53.0 Å². The Hall–Kier alpha value is -0.810. The maximum absolute atomic E-state index is 12.0. The largest absolute Gasteiger partial charge is 0.511 e. The third-order valence-corrected chi connectivity index (χ3v) is 3.64. The van der Waals surface area contributed by atoms with Crippen LogP contribution in [0, 0.1) is 5.92 Å². The Bertz CT molecular complexity index is 571. The monoisotopic (exact) mass is 317 g/mol. The number of ketones is 1. The number of carbonyl (C=O) groups excluding carboxylic acids is 2. The van der Waals surface area contributed by atoms with Crippen LogP contribution in [0.25, 0.3) is 0 Å². The Labute approximate surface area is 150 Å². The van der Waals surface area contributed by atoms with Crippen molar-refractivity contribution < 1.29 is 19.4 Å². The van der Waals surface area contributed by atoms with Gasteiger partial charge in [0.15, 0.2) is 5.78 Å². The molecule has 0 aromatic heterocycles. The molecule has 2 atom stereocenters. The predicted molar refractivity (Wildman–Crippen MR) is 80.4 cm³/mol. The number of ether oxygens (including phenoxy) is 1.